The molecule has 0 aliphatic rings. The Morgan fingerprint density at radius 3 is 2.39 bits per heavy atom. The van der Waals surface area contributed by atoms with Crippen LogP contribution in [0.4, 0.5) is 8.78 Å². The first-order chi connectivity index (χ1) is 10.6. The van der Waals surface area contributed by atoms with Crippen molar-refractivity contribution in [3.63, 3.8) is 0 Å². The Labute approximate surface area is 139 Å². The van der Waals surface area contributed by atoms with E-state index in [1.807, 2.05) is 0 Å². The number of aliphatic hydroxyl groups is 1. The zero-order valence-electron chi connectivity index (χ0n) is 13.4. The molecule has 2 atom stereocenters. The number of hydrogen-bond acceptors (Lipinski definition) is 3. The van der Waals surface area contributed by atoms with Crippen molar-refractivity contribution in [1.82, 2.24) is 14.8 Å². The first-order valence-corrected chi connectivity index (χ1v) is 7.76. The number of hydrogen-bond donors (Lipinski definition) is 2. The lowest BCUT2D eigenvalue weighted by molar-refractivity contribution is -0.127. The van der Waals surface area contributed by atoms with Gasteiger partial charge in [-0.1, -0.05) is 32.9 Å². The van der Waals surface area contributed by atoms with Crippen LogP contribution in [0.5, 0.6) is 0 Å². The van der Waals surface area contributed by atoms with E-state index < -0.39 is 17.2 Å². The minimum atomic E-state index is -1.69. The summed E-state index contributed by atoms with van der Waals surface area (Å²) in [6.45, 7) is 5.22. The van der Waals surface area contributed by atoms with Gasteiger partial charge in [0.1, 0.15) is 23.9 Å². The zero-order valence-corrected chi connectivity index (χ0v) is 14.2. The second kappa shape index (κ2) is 6.49. The molecule has 4 nitrogen and oxygen atoms in total. The smallest absolute Gasteiger partial charge is 0.195 e. The number of benzene rings is 1. The van der Waals surface area contributed by atoms with E-state index in [1.54, 1.807) is 20.8 Å². The fourth-order valence-corrected chi connectivity index (χ4v) is 2.59. The van der Waals surface area contributed by atoms with E-state index in [1.165, 1.54) is 35.3 Å². The highest BCUT2D eigenvalue weighted by molar-refractivity contribution is 7.71. The van der Waals surface area contributed by atoms with Gasteiger partial charge in [-0.15, -0.1) is 0 Å². The Morgan fingerprint density at radius 1 is 1.30 bits per heavy atom. The van der Waals surface area contributed by atoms with E-state index in [-0.39, 0.29) is 18.8 Å². The van der Waals surface area contributed by atoms with Crippen LogP contribution < -0.4 is 0 Å². The molecule has 1 heterocycles. The second-order valence-corrected chi connectivity index (χ2v) is 7.11. The van der Waals surface area contributed by atoms with Crippen LogP contribution in [0.1, 0.15) is 26.3 Å². The van der Waals surface area contributed by atoms with Gasteiger partial charge >= 0.3 is 0 Å². The summed E-state index contributed by atoms with van der Waals surface area (Å²) >= 11 is 5.08. The van der Waals surface area contributed by atoms with Crippen molar-refractivity contribution in [1.29, 1.82) is 0 Å². The highest BCUT2D eigenvalue weighted by Gasteiger charge is 2.48. The predicted molar refractivity (Wildman–Crippen MR) is 86.8 cm³/mol. The standard InChI is InChI=1S/C16H21F2N3OS/c1-15(2,3)16(22,9-21-14(23)19-10-20-21)13(18)8-11-4-6-12(17)7-5-11/h4-7,10,13,22H,8-9H2,1-3H3,(H,19,20,23). The van der Waals surface area contributed by atoms with Gasteiger partial charge in [-0.05, 0) is 35.3 Å². The topological polar surface area (TPSA) is 53.8 Å². The van der Waals surface area contributed by atoms with E-state index in [0.717, 1.165) is 0 Å². The van der Waals surface area contributed by atoms with Gasteiger partial charge in [0.25, 0.3) is 0 Å². The van der Waals surface area contributed by atoms with Gasteiger partial charge in [0.15, 0.2) is 4.77 Å². The van der Waals surface area contributed by atoms with E-state index in [0.29, 0.717) is 10.3 Å². The van der Waals surface area contributed by atoms with Crippen molar-refractivity contribution in [2.75, 3.05) is 0 Å². The van der Waals surface area contributed by atoms with E-state index in [9.17, 15) is 9.50 Å². The number of aromatic nitrogens is 3. The van der Waals surface area contributed by atoms with Gasteiger partial charge in [0, 0.05) is 6.42 Å². The maximum absolute atomic E-state index is 15.0. The molecule has 7 heteroatoms. The summed E-state index contributed by atoms with van der Waals surface area (Å²) < 4.78 is 29.7. The number of H-pyrrole nitrogens is 1. The lowest BCUT2D eigenvalue weighted by Gasteiger charge is -2.42. The third-order valence-corrected chi connectivity index (χ3v) is 4.48. The van der Waals surface area contributed by atoms with Crippen LogP contribution in [-0.2, 0) is 13.0 Å². The van der Waals surface area contributed by atoms with Crippen molar-refractivity contribution in [2.24, 2.45) is 5.41 Å². The molecule has 126 valence electrons. The summed E-state index contributed by atoms with van der Waals surface area (Å²) in [5.41, 5.74) is -1.82. The number of halogens is 2. The highest BCUT2D eigenvalue weighted by atomic mass is 32.1. The van der Waals surface area contributed by atoms with Crippen molar-refractivity contribution < 1.29 is 13.9 Å². The molecule has 0 amide bonds. The number of rotatable bonds is 5. The molecule has 2 rings (SSSR count). The van der Waals surface area contributed by atoms with Gasteiger partial charge in [-0.3, -0.25) is 0 Å². The molecule has 2 N–H and O–H groups in total. The molecule has 0 saturated carbocycles. The first kappa shape index (κ1) is 17.7. The molecule has 0 aliphatic carbocycles. The number of nitrogens with one attached hydrogen (secondary N) is 1. The lowest BCUT2D eigenvalue weighted by atomic mass is 9.72. The number of aromatic amines is 1. The van der Waals surface area contributed by atoms with Crippen LogP contribution in [0.25, 0.3) is 0 Å². The van der Waals surface area contributed by atoms with Gasteiger partial charge in [0.2, 0.25) is 0 Å². The van der Waals surface area contributed by atoms with E-state index >= 15 is 4.39 Å². The van der Waals surface area contributed by atoms with E-state index in [2.05, 4.69) is 10.1 Å². The third-order valence-electron chi connectivity index (χ3n) is 4.16. The SMILES string of the molecule is CC(C)(C)C(O)(Cn1nc[nH]c1=S)C(F)Cc1ccc(F)cc1. The molecule has 0 spiro atoms. The molecule has 0 fully saturated rings. The van der Waals surface area contributed by atoms with Gasteiger partial charge in [0.05, 0.1) is 6.54 Å². The summed E-state index contributed by atoms with van der Waals surface area (Å²) in [6.07, 6.45) is -0.184. The quantitative estimate of drug-likeness (QED) is 0.819. The molecular formula is C16H21F2N3OS. The maximum Gasteiger partial charge on any atom is 0.195 e. The van der Waals surface area contributed by atoms with Crippen LogP contribution in [0.15, 0.2) is 30.6 Å². The second-order valence-electron chi connectivity index (χ2n) is 6.72. The van der Waals surface area contributed by atoms with Crippen molar-refractivity contribution in [2.45, 2.75) is 45.5 Å². The molecule has 2 aromatic rings. The Balaban J connectivity index is 2.28. The van der Waals surface area contributed by atoms with Gasteiger partial charge < -0.3 is 10.1 Å². The normalized spacial score (nSPS) is 16.1. The van der Waals surface area contributed by atoms with Crippen LogP contribution in [0, 0.1) is 16.0 Å². The Bertz CT molecular complexity index is 705. The predicted octanol–water partition coefficient (Wildman–Crippen LogP) is 3.44. The molecule has 0 aliphatic heterocycles. The van der Waals surface area contributed by atoms with Crippen molar-refractivity contribution in [3.05, 3.63) is 46.7 Å². The molecule has 2 unspecified atom stereocenters. The average molecular weight is 341 g/mol. The van der Waals surface area contributed by atoms with E-state index in [4.69, 9.17) is 12.2 Å². The lowest BCUT2D eigenvalue weighted by Crippen LogP contribution is -2.54. The monoisotopic (exact) mass is 341 g/mol. The highest BCUT2D eigenvalue weighted by Crippen LogP contribution is 2.37. The molecule has 1 aromatic heterocycles. The minimum absolute atomic E-state index is 0.0220. The van der Waals surface area contributed by atoms with Crippen LogP contribution in [0.2, 0.25) is 0 Å². The summed E-state index contributed by atoms with van der Waals surface area (Å²) in [6, 6.07) is 5.60. The van der Waals surface area contributed by atoms with Gasteiger partial charge in [-0.2, -0.15) is 5.10 Å². The Kier molecular flexibility index (Phi) is 5.01. The average Bonchev–Trinajstić information content (AvgIpc) is 2.85. The van der Waals surface area contributed by atoms with Crippen LogP contribution in [0.3, 0.4) is 0 Å². The largest absolute Gasteiger partial charge is 0.384 e. The molecule has 1 aromatic carbocycles. The van der Waals surface area contributed by atoms with Gasteiger partial charge in [-0.25, -0.2) is 13.5 Å². The van der Waals surface area contributed by atoms with Crippen LogP contribution in [-0.4, -0.2) is 31.6 Å². The maximum atomic E-state index is 15.0. The summed E-state index contributed by atoms with van der Waals surface area (Å²) in [5, 5.41) is 15.1. The molecule has 0 radical (unpaired) electrons. The summed E-state index contributed by atoms with van der Waals surface area (Å²) in [4.78, 5) is 2.73. The van der Waals surface area contributed by atoms with Crippen molar-refractivity contribution in [3.8, 4) is 0 Å². The minimum Gasteiger partial charge on any atom is -0.384 e. The summed E-state index contributed by atoms with van der Waals surface area (Å²) in [5.74, 6) is -0.377. The molecular weight excluding hydrogens is 320 g/mol. The molecule has 23 heavy (non-hydrogen) atoms. The van der Waals surface area contributed by atoms with Crippen LogP contribution >= 0.6 is 12.2 Å². The fraction of sp³-hybridized carbons (Fsp3) is 0.500. The van der Waals surface area contributed by atoms with Crippen molar-refractivity contribution >= 4 is 12.2 Å². The molecule has 0 saturated heterocycles. The fourth-order valence-electron chi connectivity index (χ4n) is 2.42. The Hall–Kier alpha value is -1.60. The number of alkyl halides is 1. The molecule has 0 bridgehead atoms. The Morgan fingerprint density at radius 2 is 1.91 bits per heavy atom. The zero-order chi connectivity index (χ0) is 17.3. The number of nitrogens with zero attached hydrogens (tertiary/aromatic N) is 2. The summed E-state index contributed by atoms with van der Waals surface area (Å²) in [7, 11) is 0. The first-order valence-electron chi connectivity index (χ1n) is 7.35. The third kappa shape index (κ3) is 3.84.